The molecule has 0 aliphatic heterocycles. The molecule has 0 aliphatic rings. The first kappa shape index (κ1) is 18.8. The molecule has 5 heteroatoms. The summed E-state index contributed by atoms with van der Waals surface area (Å²) in [5.41, 5.74) is 1.14. The number of rotatable bonds is 8. The van der Waals surface area contributed by atoms with Gasteiger partial charge < -0.3 is 14.3 Å². The van der Waals surface area contributed by atoms with Crippen LogP contribution < -0.4 is 0 Å². The molecule has 0 aliphatic carbocycles. The fourth-order valence-electron chi connectivity index (χ4n) is 1.97. The number of benzene rings is 1. The maximum atomic E-state index is 10.4. The van der Waals surface area contributed by atoms with Crippen molar-refractivity contribution in [2.45, 2.75) is 50.9 Å². The molecule has 1 atom stereocenters. The van der Waals surface area contributed by atoms with Crippen LogP contribution in [0.15, 0.2) is 28.7 Å². The van der Waals surface area contributed by atoms with E-state index in [-0.39, 0.29) is 17.9 Å². The Kier molecular flexibility index (Phi) is 7.07. The first-order chi connectivity index (χ1) is 9.67. The van der Waals surface area contributed by atoms with Crippen LogP contribution in [0.5, 0.6) is 0 Å². The van der Waals surface area contributed by atoms with Gasteiger partial charge in [0.25, 0.3) is 0 Å². The second-order valence-corrected chi connectivity index (χ2v) is 12.0. The highest BCUT2D eigenvalue weighted by Crippen LogP contribution is 2.42. The third-order valence-electron chi connectivity index (χ3n) is 4.32. The quantitative estimate of drug-likeness (QED) is 0.521. The lowest BCUT2D eigenvalue weighted by atomic mass is 9.99. The van der Waals surface area contributed by atoms with Crippen molar-refractivity contribution in [2.75, 3.05) is 13.9 Å². The third kappa shape index (κ3) is 5.83. The van der Waals surface area contributed by atoms with Gasteiger partial charge in [-0.05, 0) is 48.7 Å². The Morgan fingerprint density at radius 2 is 1.81 bits per heavy atom. The zero-order chi connectivity index (χ0) is 16.1. The van der Waals surface area contributed by atoms with E-state index in [0.29, 0.717) is 0 Å². The van der Waals surface area contributed by atoms with Crippen molar-refractivity contribution in [3.05, 3.63) is 34.3 Å². The fourth-order valence-corrected chi connectivity index (χ4v) is 2.99. The maximum absolute atomic E-state index is 10.4. The normalized spacial score (nSPS) is 14.2. The van der Waals surface area contributed by atoms with Gasteiger partial charge in [-0.2, -0.15) is 0 Å². The van der Waals surface area contributed by atoms with E-state index in [4.69, 9.17) is 9.47 Å². The van der Waals surface area contributed by atoms with Gasteiger partial charge in [0.2, 0.25) is 0 Å². The summed E-state index contributed by atoms with van der Waals surface area (Å²) in [6, 6.07) is 8.18. The second kappa shape index (κ2) is 7.88. The standard InChI is InChI=1S/C16H27BrO3Si/c1-16(2,21(4,5)18)11-10-15(20-12-19-3)13-6-8-14(17)9-7-13/h6-9,15,18H,10-12H2,1-5H3/t15-/m0/s1. The largest absolute Gasteiger partial charge is 0.432 e. The summed E-state index contributed by atoms with van der Waals surface area (Å²) in [6.07, 6.45) is 1.79. The first-order valence-electron chi connectivity index (χ1n) is 7.26. The van der Waals surface area contributed by atoms with Gasteiger partial charge in [0.15, 0.2) is 8.32 Å². The molecule has 1 aromatic carbocycles. The summed E-state index contributed by atoms with van der Waals surface area (Å²) in [7, 11) is -0.556. The lowest BCUT2D eigenvalue weighted by molar-refractivity contribution is -0.0771. The van der Waals surface area contributed by atoms with Crippen LogP contribution >= 0.6 is 15.9 Å². The van der Waals surface area contributed by atoms with E-state index in [1.807, 2.05) is 25.2 Å². The van der Waals surface area contributed by atoms with Crippen molar-refractivity contribution in [3.8, 4) is 0 Å². The lowest BCUT2D eigenvalue weighted by Gasteiger charge is -2.36. The highest BCUT2D eigenvalue weighted by Gasteiger charge is 2.38. The molecular weight excluding hydrogens is 348 g/mol. The average Bonchev–Trinajstić information content (AvgIpc) is 2.39. The van der Waals surface area contributed by atoms with Gasteiger partial charge in [-0.25, -0.2) is 0 Å². The summed E-state index contributed by atoms with van der Waals surface area (Å²) in [5.74, 6) is 0. The van der Waals surface area contributed by atoms with Crippen molar-refractivity contribution in [2.24, 2.45) is 0 Å². The van der Waals surface area contributed by atoms with E-state index in [1.165, 1.54) is 0 Å². The molecule has 1 rings (SSSR count). The Labute approximate surface area is 137 Å². The van der Waals surface area contributed by atoms with Crippen LogP contribution in [-0.2, 0) is 9.47 Å². The first-order valence-corrected chi connectivity index (χ1v) is 11.0. The maximum Gasteiger partial charge on any atom is 0.188 e. The van der Waals surface area contributed by atoms with Gasteiger partial charge in [0, 0.05) is 11.6 Å². The Hall–Kier alpha value is -0.203. The molecule has 1 N–H and O–H groups in total. The minimum Gasteiger partial charge on any atom is -0.432 e. The monoisotopic (exact) mass is 374 g/mol. The minimum absolute atomic E-state index is 0.00586. The van der Waals surface area contributed by atoms with Gasteiger partial charge in [0.05, 0.1) is 6.10 Å². The molecule has 0 unspecified atom stereocenters. The van der Waals surface area contributed by atoms with Gasteiger partial charge in [-0.15, -0.1) is 0 Å². The molecule has 0 saturated heterocycles. The number of methoxy groups -OCH3 is 1. The van der Waals surface area contributed by atoms with Crippen LogP contribution in [0.25, 0.3) is 0 Å². The summed E-state index contributed by atoms with van der Waals surface area (Å²) in [4.78, 5) is 10.4. The summed E-state index contributed by atoms with van der Waals surface area (Å²) >= 11 is 3.45. The highest BCUT2D eigenvalue weighted by molar-refractivity contribution is 9.10. The zero-order valence-electron chi connectivity index (χ0n) is 13.6. The Bertz CT molecular complexity index is 426. The lowest BCUT2D eigenvalue weighted by Crippen LogP contribution is -2.39. The molecular formula is C16H27BrO3Si. The molecule has 3 nitrogen and oxygen atoms in total. The van der Waals surface area contributed by atoms with E-state index in [0.717, 1.165) is 22.9 Å². The molecule has 0 bridgehead atoms. The predicted octanol–water partition coefficient (Wildman–Crippen LogP) is 4.87. The topological polar surface area (TPSA) is 38.7 Å². The fraction of sp³-hybridized carbons (Fsp3) is 0.625. The van der Waals surface area contributed by atoms with E-state index < -0.39 is 8.32 Å². The summed E-state index contributed by atoms with van der Waals surface area (Å²) in [6.45, 7) is 8.57. The highest BCUT2D eigenvalue weighted by atomic mass is 79.9. The van der Waals surface area contributed by atoms with Gasteiger partial charge >= 0.3 is 0 Å². The van der Waals surface area contributed by atoms with E-state index in [2.05, 4.69) is 41.9 Å². The number of ether oxygens (including phenoxy) is 2. The van der Waals surface area contributed by atoms with Crippen LogP contribution in [0.4, 0.5) is 0 Å². The number of hydrogen-bond acceptors (Lipinski definition) is 3. The Morgan fingerprint density at radius 1 is 1.24 bits per heavy atom. The summed E-state index contributed by atoms with van der Waals surface area (Å²) in [5, 5.41) is -0.0446. The third-order valence-corrected chi connectivity index (χ3v) is 8.41. The van der Waals surface area contributed by atoms with E-state index in [1.54, 1.807) is 7.11 Å². The van der Waals surface area contributed by atoms with Crippen molar-refractivity contribution >= 4 is 24.2 Å². The zero-order valence-corrected chi connectivity index (χ0v) is 16.2. The molecule has 0 heterocycles. The predicted molar refractivity (Wildman–Crippen MR) is 92.8 cm³/mol. The van der Waals surface area contributed by atoms with Crippen molar-refractivity contribution in [1.29, 1.82) is 0 Å². The smallest absolute Gasteiger partial charge is 0.188 e. The Balaban J connectivity index is 2.77. The molecule has 21 heavy (non-hydrogen) atoms. The van der Waals surface area contributed by atoms with Crippen molar-refractivity contribution < 1.29 is 14.3 Å². The molecule has 1 aromatic rings. The summed E-state index contributed by atoms with van der Waals surface area (Å²) < 4.78 is 11.9. The van der Waals surface area contributed by atoms with E-state index in [9.17, 15) is 4.80 Å². The van der Waals surface area contributed by atoms with Crippen LogP contribution in [0.3, 0.4) is 0 Å². The van der Waals surface area contributed by atoms with Crippen molar-refractivity contribution in [3.63, 3.8) is 0 Å². The Morgan fingerprint density at radius 3 is 2.29 bits per heavy atom. The molecule has 0 fully saturated rings. The van der Waals surface area contributed by atoms with Crippen LogP contribution in [-0.4, -0.2) is 27.0 Å². The molecule has 0 radical (unpaired) electrons. The van der Waals surface area contributed by atoms with Crippen LogP contribution in [0, 0.1) is 0 Å². The van der Waals surface area contributed by atoms with Gasteiger partial charge in [0.1, 0.15) is 6.79 Å². The molecule has 0 amide bonds. The van der Waals surface area contributed by atoms with Gasteiger partial charge in [-0.3, -0.25) is 0 Å². The van der Waals surface area contributed by atoms with E-state index >= 15 is 0 Å². The molecule has 120 valence electrons. The SMILES string of the molecule is COCO[C@@H](CCC(C)(C)[Si](C)(C)O)c1ccc(Br)cc1. The number of hydrogen-bond donors (Lipinski definition) is 1. The van der Waals surface area contributed by atoms with Crippen molar-refractivity contribution in [1.82, 2.24) is 0 Å². The number of halogens is 1. The molecule has 0 aromatic heterocycles. The van der Waals surface area contributed by atoms with Gasteiger partial charge in [-0.1, -0.05) is 41.9 Å². The molecule has 0 spiro atoms. The second-order valence-electron chi connectivity index (χ2n) is 6.59. The van der Waals surface area contributed by atoms with Crippen LogP contribution in [0.1, 0.15) is 38.4 Å². The minimum atomic E-state index is -2.19. The average molecular weight is 375 g/mol. The molecule has 0 saturated carbocycles. The van der Waals surface area contributed by atoms with Crippen LogP contribution in [0.2, 0.25) is 18.1 Å².